The van der Waals surface area contributed by atoms with Crippen LogP contribution in [0.2, 0.25) is 0 Å². The van der Waals surface area contributed by atoms with Gasteiger partial charge in [0, 0.05) is 30.0 Å². The second-order valence-electron chi connectivity index (χ2n) is 5.38. The van der Waals surface area contributed by atoms with Crippen molar-refractivity contribution >= 4 is 37.8 Å². The maximum Gasteiger partial charge on any atom is 0.270 e. The Hall–Kier alpha value is -3.40. The minimum absolute atomic E-state index is 0.0216. The minimum Gasteiger partial charge on any atom is -0.506 e. The first kappa shape index (κ1) is 17.4. The van der Waals surface area contributed by atoms with Crippen molar-refractivity contribution in [1.29, 1.82) is 0 Å². The summed E-state index contributed by atoms with van der Waals surface area (Å²) in [6.07, 6.45) is 2.45. The summed E-state index contributed by atoms with van der Waals surface area (Å²) in [4.78, 5) is 14.0. The molecule has 2 aromatic carbocycles. The van der Waals surface area contributed by atoms with Gasteiger partial charge in [-0.2, -0.15) is 0 Å². The number of phenolic OH excluding ortho intramolecular Hbond substituents is 1. The van der Waals surface area contributed by atoms with Gasteiger partial charge in [-0.25, -0.2) is 8.42 Å². The molecule has 0 atom stereocenters. The number of aromatic hydroxyl groups is 1. The van der Waals surface area contributed by atoms with E-state index in [9.17, 15) is 23.6 Å². The number of rotatable bonds is 4. The molecule has 10 heteroatoms. The number of non-ortho nitro benzene ring substituents is 1. The van der Waals surface area contributed by atoms with Crippen LogP contribution in [0.1, 0.15) is 0 Å². The summed E-state index contributed by atoms with van der Waals surface area (Å²) in [7, 11) is -3.75. The lowest BCUT2D eigenvalue weighted by atomic mass is 10.2. The van der Waals surface area contributed by atoms with Gasteiger partial charge in [0.2, 0.25) is 0 Å². The first-order valence-corrected chi connectivity index (χ1v) is 9.13. The molecule has 0 aliphatic carbocycles. The van der Waals surface area contributed by atoms with Gasteiger partial charge >= 0.3 is 0 Å². The van der Waals surface area contributed by atoms with E-state index in [2.05, 4.69) is 15.2 Å². The molecular weight excluding hydrogens is 360 g/mol. The molecule has 0 saturated heterocycles. The number of phenols is 1. The van der Waals surface area contributed by atoms with E-state index in [0.717, 1.165) is 18.4 Å². The zero-order valence-electron chi connectivity index (χ0n) is 13.4. The van der Waals surface area contributed by atoms with E-state index in [0.29, 0.717) is 16.6 Å². The van der Waals surface area contributed by atoms with Crippen molar-refractivity contribution in [3.63, 3.8) is 0 Å². The SMILES string of the molecule is CS(=O)(=O)c1cc([N+](=O)[O-])ccc1N=Nc1ccc(O)c2ncccc12. The van der Waals surface area contributed by atoms with Crippen molar-refractivity contribution in [1.82, 2.24) is 4.98 Å². The summed E-state index contributed by atoms with van der Waals surface area (Å²) in [6, 6.07) is 9.57. The number of azo groups is 1. The summed E-state index contributed by atoms with van der Waals surface area (Å²) in [5, 5.41) is 29.2. The Morgan fingerprint density at radius 1 is 1.12 bits per heavy atom. The molecule has 1 aromatic heterocycles. The first-order chi connectivity index (χ1) is 12.3. The number of sulfone groups is 1. The van der Waals surface area contributed by atoms with Crippen molar-refractivity contribution in [2.75, 3.05) is 6.26 Å². The maximum absolute atomic E-state index is 11.9. The van der Waals surface area contributed by atoms with Gasteiger partial charge < -0.3 is 5.11 Å². The van der Waals surface area contributed by atoms with E-state index >= 15 is 0 Å². The molecule has 3 rings (SSSR count). The lowest BCUT2D eigenvalue weighted by Crippen LogP contribution is -1.99. The fourth-order valence-electron chi connectivity index (χ4n) is 2.33. The zero-order valence-corrected chi connectivity index (χ0v) is 14.2. The van der Waals surface area contributed by atoms with E-state index in [1.54, 1.807) is 12.1 Å². The second-order valence-corrected chi connectivity index (χ2v) is 7.37. The normalized spacial score (nSPS) is 11.9. The predicted molar refractivity (Wildman–Crippen MR) is 93.8 cm³/mol. The lowest BCUT2D eigenvalue weighted by Gasteiger charge is -2.04. The molecule has 0 spiro atoms. The monoisotopic (exact) mass is 372 g/mol. The number of fused-ring (bicyclic) bond motifs is 1. The Morgan fingerprint density at radius 2 is 1.81 bits per heavy atom. The van der Waals surface area contributed by atoms with Gasteiger partial charge in [-0.1, -0.05) is 0 Å². The highest BCUT2D eigenvalue weighted by Gasteiger charge is 2.18. The molecule has 26 heavy (non-hydrogen) atoms. The van der Waals surface area contributed by atoms with Crippen LogP contribution in [-0.2, 0) is 9.84 Å². The van der Waals surface area contributed by atoms with Gasteiger partial charge in [-0.15, -0.1) is 10.2 Å². The number of nitro benzene ring substituents is 1. The van der Waals surface area contributed by atoms with Crippen LogP contribution < -0.4 is 0 Å². The van der Waals surface area contributed by atoms with Crippen LogP contribution in [0, 0.1) is 10.1 Å². The third-order valence-corrected chi connectivity index (χ3v) is 4.67. The number of nitrogens with zero attached hydrogens (tertiary/aromatic N) is 4. The molecule has 9 nitrogen and oxygen atoms in total. The Bertz CT molecular complexity index is 1160. The van der Waals surface area contributed by atoms with Crippen molar-refractivity contribution in [3.05, 3.63) is 58.8 Å². The van der Waals surface area contributed by atoms with Crippen LogP contribution in [0.3, 0.4) is 0 Å². The Labute approximate surface area is 147 Å². The van der Waals surface area contributed by atoms with Gasteiger partial charge in [-0.3, -0.25) is 15.1 Å². The van der Waals surface area contributed by atoms with Crippen LogP contribution in [-0.4, -0.2) is 29.7 Å². The number of hydrogen-bond acceptors (Lipinski definition) is 8. The molecule has 3 aromatic rings. The molecule has 0 saturated carbocycles. The molecule has 0 aliphatic rings. The lowest BCUT2D eigenvalue weighted by molar-refractivity contribution is -0.385. The Balaban J connectivity index is 2.13. The number of nitro groups is 1. The molecule has 0 fully saturated rings. The molecule has 0 unspecified atom stereocenters. The average Bonchev–Trinajstić information content (AvgIpc) is 2.60. The smallest absolute Gasteiger partial charge is 0.270 e. The molecular formula is C16H12N4O5S. The van der Waals surface area contributed by atoms with Crippen molar-refractivity contribution < 1.29 is 18.4 Å². The van der Waals surface area contributed by atoms with E-state index in [1.807, 2.05) is 0 Å². The van der Waals surface area contributed by atoms with Gasteiger partial charge in [0.05, 0.1) is 10.6 Å². The third kappa shape index (κ3) is 3.35. The minimum atomic E-state index is -3.75. The largest absolute Gasteiger partial charge is 0.506 e. The van der Waals surface area contributed by atoms with Gasteiger partial charge in [0.1, 0.15) is 21.8 Å². The number of aromatic nitrogens is 1. The molecule has 0 radical (unpaired) electrons. The maximum atomic E-state index is 11.9. The third-order valence-electron chi connectivity index (χ3n) is 3.54. The van der Waals surface area contributed by atoms with Crippen molar-refractivity contribution in [2.45, 2.75) is 4.90 Å². The van der Waals surface area contributed by atoms with E-state index in [4.69, 9.17) is 0 Å². The van der Waals surface area contributed by atoms with Crippen LogP contribution in [0.4, 0.5) is 17.1 Å². The van der Waals surface area contributed by atoms with Crippen LogP contribution >= 0.6 is 0 Å². The average molecular weight is 372 g/mol. The van der Waals surface area contributed by atoms with E-state index in [1.165, 1.54) is 24.4 Å². The highest BCUT2D eigenvalue weighted by molar-refractivity contribution is 7.90. The summed E-state index contributed by atoms with van der Waals surface area (Å²) in [6.45, 7) is 0. The quantitative estimate of drug-likeness (QED) is 0.422. The van der Waals surface area contributed by atoms with Crippen LogP contribution in [0.15, 0.2) is 63.8 Å². The molecule has 0 bridgehead atoms. The predicted octanol–water partition coefficient (Wildman–Crippen LogP) is 3.67. The Kier molecular flexibility index (Phi) is 4.34. The van der Waals surface area contributed by atoms with E-state index in [-0.39, 0.29) is 22.0 Å². The van der Waals surface area contributed by atoms with Crippen molar-refractivity contribution in [2.24, 2.45) is 10.2 Å². The van der Waals surface area contributed by atoms with Crippen molar-refractivity contribution in [3.8, 4) is 5.75 Å². The fourth-order valence-corrected chi connectivity index (χ4v) is 3.16. The van der Waals surface area contributed by atoms with Crippen LogP contribution in [0.5, 0.6) is 5.75 Å². The fraction of sp³-hybridized carbons (Fsp3) is 0.0625. The summed E-state index contributed by atoms with van der Waals surface area (Å²) in [5.41, 5.74) is 0.312. The standard InChI is InChI=1S/C16H12N4O5S/c1-26(24,25)15-9-10(20(22)23)4-5-13(15)19-18-12-6-7-14(21)16-11(12)3-2-8-17-16/h2-9,21H,1H3. The highest BCUT2D eigenvalue weighted by Crippen LogP contribution is 2.34. The molecule has 1 N–H and O–H groups in total. The number of hydrogen-bond donors (Lipinski definition) is 1. The summed E-state index contributed by atoms with van der Waals surface area (Å²) >= 11 is 0. The van der Waals surface area contributed by atoms with Gasteiger partial charge in [0.15, 0.2) is 9.84 Å². The molecule has 1 heterocycles. The zero-order chi connectivity index (χ0) is 18.9. The van der Waals surface area contributed by atoms with E-state index < -0.39 is 14.8 Å². The molecule has 0 amide bonds. The van der Waals surface area contributed by atoms with Gasteiger partial charge in [0.25, 0.3) is 5.69 Å². The molecule has 0 aliphatic heterocycles. The first-order valence-electron chi connectivity index (χ1n) is 7.24. The number of benzene rings is 2. The summed E-state index contributed by atoms with van der Waals surface area (Å²) < 4.78 is 23.9. The second kappa shape index (κ2) is 6.48. The van der Waals surface area contributed by atoms with Crippen LogP contribution in [0.25, 0.3) is 10.9 Å². The summed E-state index contributed by atoms with van der Waals surface area (Å²) in [5.74, 6) is -0.0216. The molecule has 132 valence electrons. The van der Waals surface area contributed by atoms with Gasteiger partial charge in [-0.05, 0) is 30.3 Å². The Morgan fingerprint density at radius 3 is 2.50 bits per heavy atom. The number of pyridine rings is 1. The highest BCUT2D eigenvalue weighted by atomic mass is 32.2. The topological polar surface area (TPSA) is 135 Å².